The number of nitro benzene ring substituents is 1. The molecule has 150 valence electrons. The average Bonchev–Trinajstić information content (AvgIpc) is 2.69. The minimum Gasteiger partial charge on any atom is -0.272 e. The molecule has 2 aromatic rings. The summed E-state index contributed by atoms with van der Waals surface area (Å²) in [6, 6.07) is 11.5. The lowest BCUT2D eigenvalue weighted by molar-refractivity contribution is -0.384. The number of nitrogens with one attached hydrogen (secondary N) is 1. The van der Waals surface area contributed by atoms with E-state index in [1.807, 2.05) is 24.3 Å². The lowest BCUT2D eigenvalue weighted by Gasteiger charge is -2.18. The second kappa shape index (κ2) is 9.43. The van der Waals surface area contributed by atoms with Crippen LogP contribution < -0.4 is 5.43 Å². The van der Waals surface area contributed by atoms with E-state index in [1.165, 1.54) is 22.0 Å². The molecule has 0 radical (unpaired) electrons. The van der Waals surface area contributed by atoms with Crippen LogP contribution in [0.3, 0.4) is 0 Å². The molecule has 9 heteroatoms. The van der Waals surface area contributed by atoms with E-state index in [9.17, 15) is 18.5 Å². The fourth-order valence-electron chi connectivity index (χ4n) is 2.65. The van der Waals surface area contributed by atoms with Crippen LogP contribution in [0.5, 0.6) is 0 Å². The van der Waals surface area contributed by atoms with Crippen molar-refractivity contribution in [2.75, 3.05) is 18.5 Å². The third-order valence-corrected chi connectivity index (χ3v) is 6.34. The standard InChI is InChI=1S/C19H24N4O4S/c1-4-15-7-9-16(10-8-15)14-20-21-18-12-11-17(13-19(18)23(24)25)28(26,27)22(5-2)6-3/h7-14,21H,4-6H2,1-3H3. The summed E-state index contributed by atoms with van der Waals surface area (Å²) in [4.78, 5) is 10.7. The van der Waals surface area contributed by atoms with Crippen molar-refractivity contribution in [2.45, 2.75) is 32.1 Å². The van der Waals surface area contributed by atoms with Crippen molar-refractivity contribution >= 4 is 27.6 Å². The number of anilines is 1. The third kappa shape index (κ3) is 4.93. The topological polar surface area (TPSA) is 105 Å². The zero-order valence-electron chi connectivity index (χ0n) is 16.1. The summed E-state index contributed by atoms with van der Waals surface area (Å²) in [6.45, 7) is 6.07. The zero-order chi connectivity index (χ0) is 20.7. The smallest absolute Gasteiger partial charge is 0.272 e. The molecule has 0 spiro atoms. The Hall–Kier alpha value is -2.78. The Morgan fingerprint density at radius 3 is 2.29 bits per heavy atom. The van der Waals surface area contributed by atoms with E-state index in [0.29, 0.717) is 0 Å². The molecule has 2 aromatic carbocycles. The highest BCUT2D eigenvalue weighted by Gasteiger charge is 2.25. The summed E-state index contributed by atoms with van der Waals surface area (Å²) in [7, 11) is -3.78. The maximum absolute atomic E-state index is 12.6. The number of sulfonamides is 1. The van der Waals surface area contributed by atoms with Crippen LogP contribution in [-0.2, 0) is 16.4 Å². The Kier molecular flexibility index (Phi) is 7.24. The van der Waals surface area contributed by atoms with E-state index in [0.717, 1.165) is 18.1 Å². The van der Waals surface area contributed by atoms with Crippen LogP contribution >= 0.6 is 0 Å². The number of hydrazone groups is 1. The first-order valence-electron chi connectivity index (χ1n) is 9.00. The first kappa shape index (κ1) is 21.5. The first-order chi connectivity index (χ1) is 13.3. The van der Waals surface area contributed by atoms with E-state index in [2.05, 4.69) is 17.5 Å². The Morgan fingerprint density at radius 1 is 1.11 bits per heavy atom. The van der Waals surface area contributed by atoms with Gasteiger partial charge in [-0.15, -0.1) is 0 Å². The molecule has 0 aliphatic rings. The fraction of sp³-hybridized carbons (Fsp3) is 0.316. The van der Waals surface area contributed by atoms with E-state index >= 15 is 0 Å². The quantitative estimate of drug-likeness (QED) is 0.390. The molecule has 0 fully saturated rings. The fourth-order valence-corrected chi connectivity index (χ4v) is 4.12. The number of rotatable bonds is 9. The molecule has 0 saturated carbocycles. The maximum atomic E-state index is 12.6. The van der Waals surface area contributed by atoms with Crippen molar-refractivity contribution < 1.29 is 13.3 Å². The molecular formula is C19H24N4O4S. The predicted octanol–water partition coefficient (Wildman–Crippen LogP) is 3.63. The van der Waals surface area contributed by atoms with E-state index in [-0.39, 0.29) is 29.4 Å². The van der Waals surface area contributed by atoms with Gasteiger partial charge < -0.3 is 0 Å². The number of benzene rings is 2. The normalized spacial score (nSPS) is 11.9. The van der Waals surface area contributed by atoms with E-state index < -0.39 is 14.9 Å². The molecule has 0 aliphatic carbocycles. The van der Waals surface area contributed by atoms with Crippen LogP contribution in [0.15, 0.2) is 52.5 Å². The number of hydrogen-bond donors (Lipinski definition) is 1. The van der Waals surface area contributed by atoms with Crippen molar-refractivity contribution in [1.82, 2.24) is 4.31 Å². The van der Waals surface area contributed by atoms with Gasteiger partial charge in [-0.1, -0.05) is 45.0 Å². The lowest BCUT2D eigenvalue weighted by atomic mass is 10.1. The van der Waals surface area contributed by atoms with Crippen LogP contribution in [0.25, 0.3) is 0 Å². The molecular weight excluding hydrogens is 380 g/mol. The summed E-state index contributed by atoms with van der Waals surface area (Å²) in [5, 5.41) is 15.4. The van der Waals surface area contributed by atoms with Crippen LogP contribution in [0.2, 0.25) is 0 Å². The van der Waals surface area contributed by atoms with Crippen molar-refractivity contribution in [2.24, 2.45) is 5.10 Å². The molecule has 0 heterocycles. The van der Waals surface area contributed by atoms with E-state index in [4.69, 9.17) is 0 Å². The minimum absolute atomic E-state index is 0.116. The molecule has 0 bridgehead atoms. The van der Waals surface area contributed by atoms with Gasteiger partial charge in [0.15, 0.2) is 0 Å². The maximum Gasteiger partial charge on any atom is 0.295 e. The van der Waals surface area contributed by atoms with Gasteiger partial charge in [0.1, 0.15) is 5.69 Å². The highest BCUT2D eigenvalue weighted by Crippen LogP contribution is 2.29. The zero-order valence-corrected chi connectivity index (χ0v) is 16.9. The van der Waals surface area contributed by atoms with Crippen molar-refractivity contribution in [1.29, 1.82) is 0 Å². The van der Waals surface area contributed by atoms with Gasteiger partial charge in [-0.3, -0.25) is 15.5 Å². The number of hydrogen-bond acceptors (Lipinski definition) is 6. The van der Waals surface area contributed by atoms with Gasteiger partial charge in [0.2, 0.25) is 10.0 Å². The third-order valence-electron chi connectivity index (χ3n) is 4.30. The van der Waals surface area contributed by atoms with Gasteiger partial charge in [-0.25, -0.2) is 8.42 Å². The second-order valence-corrected chi connectivity index (χ2v) is 7.93. The molecule has 0 saturated heterocycles. The Labute approximate surface area is 165 Å². The molecule has 0 amide bonds. The highest BCUT2D eigenvalue weighted by atomic mass is 32.2. The van der Waals surface area contributed by atoms with Crippen LogP contribution in [0.1, 0.15) is 31.9 Å². The monoisotopic (exact) mass is 404 g/mol. The van der Waals surface area contributed by atoms with Gasteiger partial charge in [-0.05, 0) is 29.7 Å². The molecule has 0 aliphatic heterocycles. The van der Waals surface area contributed by atoms with Gasteiger partial charge >= 0.3 is 0 Å². The largest absolute Gasteiger partial charge is 0.295 e. The van der Waals surface area contributed by atoms with Crippen molar-refractivity contribution in [3.63, 3.8) is 0 Å². The minimum atomic E-state index is -3.78. The molecule has 28 heavy (non-hydrogen) atoms. The molecule has 0 unspecified atom stereocenters. The Bertz CT molecular complexity index is 952. The van der Waals surface area contributed by atoms with Gasteiger partial charge in [0.25, 0.3) is 5.69 Å². The van der Waals surface area contributed by atoms with Gasteiger partial charge in [-0.2, -0.15) is 9.41 Å². The van der Waals surface area contributed by atoms with E-state index in [1.54, 1.807) is 20.1 Å². The molecule has 0 aromatic heterocycles. The molecule has 8 nitrogen and oxygen atoms in total. The molecule has 2 rings (SSSR count). The number of aryl methyl sites for hydroxylation is 1. The Balaban J connectivity index is 2.27. The number of nitrogens with zero attached hydrogens (tertiary/aromatic N) is 3. The summed E-state index contributed by atoms with van der Waals surface area (Å²) >= 11 is 0. The van der Waals surface area contributed by atoms with Gasteiger partial charge in [0, 0.05) is 19.2 Å². The summed E-state index contributed by atoms with van der Waals surface area (Å²) < 4.78 is 26.4. The summed E-state index contributed by atoms with van der Waals surface area (Å²) in [5.41, 5.74) is 4.43. The number of nitro groups is 1. The van der Waals surface area contributed by atoms with Crippen LogP contribution in [0, 0.1) is 10.1 Å². The first-order valence-corrected chi connectivity index (χ1v) is 10.4. The summed E-state index contributed by atoms with van der Waals surface area (Å²) in [5.74, 6) is 0. The highest BCUT2D eigenvalue weighted by molar-refractivity contribution is 7.89. The molecule has 1 N–H and O–H groups in total. The second-order valence-electron chi connectivity index (χ2n) is 5.99. The SMILES string of the molecule is CCc1ccc(C=NNc2ccc(S(=O)(=O)N(CC)CC)cc2[N+](=O)[O-])cc1. The van der Waals surface area contributed by atoms with Gasteiger partial charge in [0.05, 0.1) is 16.0 Å². The Morgan fingerprint density at radius 2 is 1.75 bits per heavy atom. The van der Waals surface area contributed by atoms with Crippen molar-refractivity contribution in [3.05, 3.63) is 63.7 Å². The molecule has 0 atom stereocenters. The predicted molar refractivity (Wildman–Crippen MR) is 110 cm³/mol. The van der Waals surface area contributed by atoms with Crippen molar-refractivity contribution in [3.8, 4) is 0 Å². The average molecular weight is 404 g/mol. The van der Waals surface area contributed by atoms with Crippen LogP contribution in [-0.4, -0.2) is 37.0 Å². The summed E-state index contributed by atoms with van der Waals surface area (Å²) in [6.07, 6.45) is 2.48. The lowest BCUT2D eigenvalue weighted by Crippen LogP contribution is -2.30. The van der Waals surface area contributed by atoms with Crippen LogP contribution in [0.4, 0.5) is 11.4 Å².